The standard InChI is InChI=1S/C13H9Cl2N5O/c1-7-17-18-11-6-5-10(19-20(7)11)13(21)16-9-4-2-3-8(14)12(9)15/h2-6H,1H3,(H,16,21). The molecule has 3 aromatic rings. The first kappa shape index (κ1) is 13.8. The molecule has 0 radical (unpaired) electrons. The Morgan fingerprint density at radius 1 is 1.19 bits per heavy atom. The van der Waals surface area contributed by atoms with Gasteiger partial charge in [-0.15, -0.1) is 10.2 Å². The Balaban J connectivity index is 1.93. The number of aromatic nitrogens is 4. The van der Waals surface area contributed by atoms with Crippen LogP contribution in [0, 0.1) is 6.92 Å². The Kier molecular flexibility index (Phi) is 3.48. The van der Waals surface area contributed by atoms with Crippen molar-refractivity contribution in [3.05, 3.63) is 51.9 Å². The summed E-state index contributed by atoms with van der Waals surface area (Å²) < 4.78 is 1.49. The van der Waals surface area contributed by atoms with Crippen LogP contribution in [-0.2, 0) is 0 Å². The highest BCUT2D eigenvalue weighted by atomic mass is 35.5. The summed E-state index contributed by atoms with van der Waals surface area (Å²) in [6.45, 7) is 1.75. The van der Waals surface area contributed by atoms with Gasteiger partial charge in [-0.3, -0.25) is 4.79 Å². The molecule has 8 heteroatoms. The summed E-state index contributed by atoms with van der Waals surface area (Å²) >= 11 is 11.9. The minimum atomic E-state index is -0.394. The fraction of sp³-hybridized carbons (Fsp3) is 0.0769. The smallest absolute Gasteiger partial charge is 0.276 e. The summed E-state index contributed by atoms with van der Waals surface area (Å²) in [6, 6.07) is 8.24. The molecule has 6 nitrogen and oxygen atoms in total. The van der Waals surface area contributed by atoms with Gasteiger partial charge in [0.1, 0.15) is 5.69 Å². The zero-order valence-electron chi connectivity index (χ0n) is 10.8. The van der Waals surface area contributed by atoms with E-state index in [-0.39, 0.29) is 10.7 Å². The summed E-state index contributed by atoms with van der Waals surface area (Å²) in [5.41, 5.74) is 1.22. The number of nitrogens with one attached hydrogen (secondary N) is 1. The monoisotopic (exact) mass is 321 g/mol. The van der Waals surface area contributed by atoms with Crippen molar-refractivity contribution in [2.45, 2.75) is 6.92 Å². The van der Waals surface area contributed by atoms with Crippen LogP contribution in [0.25, 0.3) is 5.65 Å². The van der Waals surface area contributed by atoms with Crippen LogP contribution in [-0.4, -0.2) is 25.7 Å². The van der Waals surface area contributed by atoms with E-state index in [9.17, 15) is 4.79 Å². The third-order valence-corrected chi connectivity index (χ3v) is 3.67. The zero-order valence-corrected chi connectivity index (χ0v) is 12.4. The zero-order chi connectivity index (χ0) is 15.0. The number of rotatable bonds is 2. The lowest BCUT2D eigenvalue weighted by Crippen LogP contribution is -2.15. The number of carbonyl (C=O) groups is 1. The third kappa shape index (κ3) is 2.55. The third-order valence-electron chi connectivity index (χ3n) is 2.85. The first-order valence-corrected chi connectivity index (χ1v) is 6.76. The van der Waals surface area contributed by atoms with E-state index in [1.165, 1.54) is 4.52 Å². The largest absolute Gasteiger partial charge is 0.319 e. The van der Waals surface area contributed by atoms with Gasteiger partial charge in [-0.25, -0.2) is 0 Å². The van der Waals surface area contributed by atoms with E-state index >= 15 is 0 Å². The molecule has 21 heavy (non-hydrogen) atoms. The highest BCUT2D eigenvalue weighted by Gasteiger charge is 2.13. The molecule has 0 aliphatic rings. The van der Waals surface area contributed by atoms with Gasteiger partial charge in [0.25, 0.3) is 5.91 Å². The lowest BCUT2D eigenvalue weighted by molar-refractivity contribution is 0.102. The van der Waals surface area contributed by atoms with E-state index in [2.05, 4.69) is 20.6 Å². The molecule has 1 amide bonds. The SMILES string of the molecule is Cc1nnc2ccc(C(=O)Nc3cccc(Cl)c3Cl)nn12. The molecular weight excluding hydrogens is 313 g/mol. The molecule has 0 bridgehead atoms. The molecule has 0 saturated carbocycles. The van der Waals surface area contributed by atoms with E-state index in [0.717, 1.165) is 0 Å². The molecule has 3 rings (SSSR count). The van der Waals surface area contributed by atoms with Gasteiger partial charge in [0, 0.05) is 0 Å². The maximum atomic E-state index is 12.2. The summed E-state index contributed by atoms with van der Waals surface area (Å²) in [4.78, 5) is 12.2. The number of halogens is 2. The van der Waals surface area contributed by atoms with Gasteiger partial charge in [-0.1, -0.05) is 29.3 Å². The number of benzene rings is 1. The Morgan fingerprint density at radius 3 is 2.81 bits per heavy atom. The molecule has 0 aliphatic heterocycles. The van der Waals surface area contributed by atoms with Gasteiger partial charge >= 0.3 is 0 Å². The summed E-state index contributed by atoms with van der Waals surface area (Å²) in [5, 5.41) is 15.3. The average Bonchev–Trinajstić information content (AvgIpc) is 2.85. The number of carbonyl (C=O) groups excluding carboxylic acids is 1. The highest BCUT2D eigenvalue weighted by molar-refractivity contribution is 6.44. The van der Waals surface area contributed by atoms with Gasteiger partial charge in [-0.2, -0.15) is 9.61 Å². The molecule has 1 aromatic carbocycles. The van der Waals surface area contributed by atoms with Crippen LogP contribution in [0.4, 0.5) is 5.69 Å². The fourth-order valence-corrected chi connectivity index (χ4v) is 2.15. The van der Waals surface area contributed by atoms with Crippen LogP contribution in [0.15, 0.2) is 30.3 Å². The molecule has 0 saturated heterocycles. The van der Waals surface area contributed by atoms with E-state index in [0.29, 0.717) is 22.2 Å². The van der Waals surface area contributed by atoms with Crippen molar-refractivity contribution in [3.8, 4) is 0 Å². The van der Waals surface area contributed by atoms with E-state index < -0.39 is 5.91 Å². The van der Waals surface area contributed by atoms with E-state index in [4.69, 9.17) is 23.2 Å². The first-order valence-electron chi connectivity index (χ1n) is 6.00. The van der Waals surface area contributed by atoms with Crippen molar-refractivity contribution in [2.75, 3.05) is 5.32 Å². The Morgan fingerprint density at radius 2 is 2.00 bits per heavy atom. The van der Waals surface area contributed by atoms with E-state index in [1.807, 2.05) is 0 Å². The topological polar surface area (TPSA) is 72.2 Å². The molecule has 0 fully saturated rings. The molecule has 0 aliphatic carbocycles. The minimum Gasteiger partial charge on any atom is -0.319 e. The Labute approximate surface area is 129 Å². The number of anilines is 1. The normalized spacial score (nSPS) is 10.8. The molecule has 0 unspecified atom stereocenters. The number of aryl methyl sites for hydroxylation is 1. The first-order chi connectivity index (χ1) is 10.1. The average molecular weight is 322 g/mol. The van der Waals surface area contributed by atoms with Crippen molar-refractivity contribution in [1.29, 1.82) is 0 Å². The van der Waals surface area contributed by atoms with Crippen LogP contribution in [0.2, 0.25) is 10.0 Å². The predicted molar refractivity (Wildman–Crippen MR) is 79.9 cm³/mol. The van der Waals surface area contributed by atoms with Gasteiger partial charge in [0.2, 0.25) is 0 Å². The van der Waals surface area contributed by atoms with Crippen LogP contribution in [0.3, 0.4) is 0 Å². The van der Waals surface area contributed by atoms with Crippen molar-refractivity contribution >= 4 is 40.4 Å². The number of hydrogen-bond donors (Lipinski definition) is 1. The Bertz CT molecular complexity index is 846. The van der Waals surface area contributed by atoms with Gasteiger partial charge in [0.05, 0.1) is 15.7 Å². The minimum absolute atomic E-state index is 0.224. The molecular formula is C13H9Cl2N5O. The number of nitrogens with zero attached hydrogens (tertiary/aromatic N) is 4. The van der Waals surface area contributed by atoms with Crippen molar-refractivity contribution in [1.82, 2.24) is 19.8 Å². The van der Waals surface area contributed by atoms with Gasteiger partial charge in [-0.05, 0) is 31.2 Å². The highest BCUT2D eigenvalue weighted by Crippen LogP contribution is 2.29. The lowest BCUT2D eigenvalue weighted by Gasteiger charge is -2.07. The summed E-state index contributed by atoms with van der Waals surface area (Å²) in [7, 11) is 0. The summed E-state index contributed by atoms with van der Waals surface area (Å²) in [6.07, 6.45) is 0. The van der Waals surface area contributed by atoms with Crippen LogP contribution in [0.5, 0.6) is 0 Å². The van der Waals surface area contributed by atoms with Crippen molar-refractivity contribution in [2.24, 2.45) is 0 Å². The van der Waals surface area contributed by atoms with Crippen molar-refractivity contribution < 1.29 is 4.79 Å². The van der Waals surface area contributed by atoms with E-state index in [1.54, 1.807) is 37.3 Å². The van der Waals surface area contributed by atoms with Crippen LogP contribution >= 0.6 is 23.2 Å². The van der Waals surface area contributed by atoms with Crippen molar-refractivity contribution in [3.63, 3.8) is 0 Å². The fourth-order valence-electron chi connectivity index (χ4n) is 1.80. The predicted octanol–water partition coefficient (Wildman–Crippen LogP) is 2.99. The van der Waals surface area contributed by atoms with Gasteiger partial charge < -0.3 is 5.32 Å². The van der Waals surface area contributed by atoms with Gasteiger partial charge in [0.15, 0.2) is 11.5 Å². The maximum absolute atomic E-state index is 12.2. The number of amides is 1. The molecule has 2 heterocycles. The second-order valence-corrected chi connectivity index (χ2v) is 5.08. The van der Waals surface area contributed by atoms with Crippen LogP contribution in [0.1, 0.15) is 16.3 Å². The molecule has 2 aromatic heterocycles. The lowest BCUT2D eigenvalue weighted by atomic mass is 10.3. The second-order valence-electron chi connectivity index (χ2n) is 4.29. The molecule has 0 spiro atoms. The number of hydrogen-bond acceptors (Lipinski definition) is 4. The number of fused-ring (bicyclic) bond motifs is 1. The molecule has 1 N–H and O–H groups in total. The molecule has 0 atom stereocenters. The Hall–Kier alpha value is -2.18. The molecule has 106 valence electrons. The second kappa shape index (κ2) is 5.31. The maximum Gasteiger partial charge on any atom is 0.276 e. The summed E-state index contributed by atoms with van der Waals surface area (Å²) in [5.74, 6) is 0.203. The van der Waals surface area contributed by atoms with Crippen LogP contribution < -0.4 is 5.32 Å². The quantitative estimate of drug-likeness (QED) is 0.787.